The summed E-state index contributed by atoms with van der Waals surface area (Å²) >= 11 is 6.13. The van der Waals surface area contributed by atoms with Crippen molar-refractivity contribution < 1.29 is 0 Å². The van der Waals surface area contributed by atoms with Gasteiger partial charge in [0.25, 0.3) is 0 Å². The van der Waals surface area contributed by atoms with Crippen molar-refractivity contribution in [2.75, 3.05) is 0 Å². The summed E-state index contributed by atoms with van der Waals surface area (Å²) in [7, 11) is 0. The molecule has 0 aliphatic carbocycles. The molecule has 90 valence electrons. The number of nitrogens with zero attached hydrogens (tertiary/aromatic N) is 4. The molecule has 3 rings (SSSR count). The highest BCUT2D eigenvalue weighted by molar-refractivity contribution is 6.32. The summed E-state index contributed by atoms with van der Waals surface area (Å²) in [6, 6.07) is 9.62. The molecule has 18 heavy (non-hydrogen) atoms. The highest BCUT2D eigenvalue weighted by atomic mass is 35.5. The lowest BCUT2D eigenvalue weighted by atomic mass is 10.3. The van der Waals surface area contributed by atoms with Crippen molar-refractivity contribution in [1.82, 2.24) is 19.3 Å². The van der Waals surface area contributed by atoms with Gasteiger partial charge in [-0.3, -0.25) is 0 Å². The van der Waals surface area contributed by atoms with Gasteiger partial charge in [-0.15, -0.1) is 0 Å². The zero-order valence-corrected chi connectivity index (χ0v) is 10.3. The molecule has 0 spiro atoms. The monoisotopic (exact) mass is 258 g/mol. The first-order valence-electron chi connectivity index (χ1n) is 5.58. The summed E-state index contributed by atoms with van der Waals surface area (Å²) in [6.07, 6.45) is 7.35. The van der Waals surface area contributed by atoms with E-state index < -0.39 is 0 Å². The Kier molecular flexibility index (Phi) is 2.86. The van der Waals surface area contributed by atoms with Gasteiger partial charge in [0.1, 0.15) is 0 Å². The summed E-state index contributed by atoms with van der Waals surface area (Å²) in [5, 5.41) is 5.19. The van der Waals surface area contributed by atoms with Gasteiger partial charge in [0.15, 0.2) is 0 Å². The van der Waals surface area contributed by atoms with Crippen molar-refractivity contribution in [3.05, 3.63) is 66.0 Å². The molecule has 0 aliphatic heterocycles. The van der Waals surface area contributed by atoms with Crippen LogP contribution < -0.4 is 0 Å². The number of halogens is 1. The average Bonchev–Trinajstić information content (AvgIpc) is 3.02. The van der Waals surface area contributed by atoms with Gasteiger partial charge < -0.3 is 4.57 Å². The first kappa shape index (κ1) is 11.0. The Balaban J connectivity index is 1.88. The predicted octanol–water partition coefficient (Wildman–Crippen LogP) is 2.77. The Hall–Kier alpha value is -2.07. The molecule has 0 saturated heterocycles. The third-order valence-corrected chi connectivity index (χ3v) is 2.97. The average molecular weight is 259 g/mol. The van der Waals surface area contributed by atoms with Crippen LogP contribution in [0.15, 0.2) is 55.2 Å². The van der Waals surface area contributed by atoms with Gasteiger partial charge in [-0.1, -0.05) is 23.7 Å². The number of hydrogen-bond donors (Lipinski definition) is 0. The van der Waals surface area contributed by atoms with Gasteiger partial charge in [-0.25, -0.2) is 9.67 Å². The molecular weight excluding hydrogens is 248 g/mol. The number of hydrogen-bond acceptors (Lipinski definition) is 2. The van der Waals surface area contributed by atoms with Crippen LogP contribution >= 0.6 is 11.6 Å². The van der Waals surface area contributed by atoms with Gasteiger partial charge in [-0.2, -0.15) is 5.10 Å². The first-order chi connectivity index (χ1) is 8.83. The maximum absolute atomic E-state index is 6.13. The predicted molar refractivity (Wildman–Crippen MR) is 69.9 cm³/mol. The Morgan fingerprint density at radius 3 is 2.78 bits per heavy atom. The number of aromatic nitrogens is 4. The zero-order chi connectivity index (χ0) is 12.4. The van der Waals surface area contributed by atoms with E-state index in [9.17, 15) is 0 Å². The SMILES string of the molecule is Clc1ccccc1-n1ccc(Cn2ccnc2)n1. The fourth-order valence-electron chi connectivity index (χ4n) is 1.79. The van der Waals surface area contributed by atoms with Crippen molar-refractivity contribution >= 4 is 11.6 Å². The van der Waals surface area contributed by atoms with Gasteiger partial charge >= 0.3 is 0 Å². The third kappa shape index (κ3) is 2.15. The van der Waals surface area contributed by atoms with E-state index in [0.717, 1.165) is 11.4 Å². The van der Waals surface area contributed by atoms with Gasteiger partial charge in [0, 0.05) is 18.6 Å². The molecular formula is C13H11ClN4. The molecule has 0 saturated carbocycles. The molecule has 0 radical (unpaired) electrons. The molecule has 0 N–H and O–H groups in total. The second-order valence-electron chi connectivity index (χ2n) is 3.94. The molecule has 2 heterocycles. The van der Waals surface area contributed by atoms with E-state index in [2.05, 4.69) is 10.1 Å². The summed E-state index contributed by atoms with van der Waals surface area (Å²) in [6.45, 7) is 0.706. The molecule has 0 unspecified atom stereocenters. The van der Waals surface area contributed by atoms with E-state index in [1.807, 2.05) is 47.3 Å². The Morgan fingerprint density at radius 2 is 2.00 bits per heavy atom. The van der Waals surface area contributed by atoms with Crippen molar-refractivity contribution in [1.29, 1.82) is 0 Å². The van der Waals surface area contributed by atoms with Crippen LogP contribution in [0.25, 0.3) is 5.69 Å². The first-order valence-corrected chi connectivity index (χ1v) is 5.96. The molecule has 0 fully saturated rings. The zero-order valence-electron chi connectivity index (χ0n) is 9.57. The van der Waals surface area contributed by atoms with Gasteiger partial charge in [0.05, 0.1) is 29.3 Å². The van der Waals surface area contributed by atoms with E-state index >= 15 is 0 Å². The summed E-state index contributed by atoms with van der Waals surface area (Å²) < 4.78 is 3.76. The quantitative estimate of drug-likeness (QED) is 0.724. The number of rotatable bonds is 3. The number of para-hydroxylation sites is 1. The molecule has 5 heteroatoms. The second kappa shape index (κ2) is 4.66. The highest BCUT2D eigenvalue weighted by Gasteiger charge is 2.04. The van der Waals surface area contributed by atoms with E-state index in [0.29, 0.717) is 11.6 Å². The number of imidazole rings is 1. The lowest BCUT2D eigenvalue weighted by molar-refractivity contribution is 0.744. The van der Waals surface area contributed by atoms with E-state index in [1.54, 1.807) is 17.2 Å². The van der Waals surface area contributed by atoms with Crippen LogP contribution in [-0.4, -0.2) is 19.3 Å². The minimum atomic E-state index is 0.690. The molecule has 1 aromatic carbocycles. The Bertz CT molecular complexity index is 643. The van der Waals surface area contributed by atoms with Gasteiger partial charge in [0.2, 0.25) is 0 Å². The van der Waals surface area contributed by atoms with E-state index in [-0.39, 0.29) is 0 Å². The fourth-order valence-corrected chi connectivity index (χ4v) is 2.01. The normalized spacial score (nSPS) is 10.7. The van der Waals surface area contributed by atoms with Crippen molar-refractivity contribution in [2.24, 2.45) is 0 Å². The van der Waals surface area contributed by atoms with Crippen LogP contribution in [0.4, 0.5) is 0 Å². The maximum Gasteiger partial charge on any atom is 0.0949 e. The summed E-state index contributed by atoms with van der Waals surface area (Å²) in [5.74, 6) is 0. The van der Waals surface area contributed by atoms with Crippen LogP contribution in [0, 0.1) is 0 Å². The van der Waals surface area contributed by atoms with Crippen molar-refractivity contribution in [3.8, 4) is 5.69 Å². The largest absolute Gasteiger partial charge is 0.331 e. The summed E-state index contributed by atoms with van der Waals surface area (Å²) in [4.78, 5) is 4.00. The van der Waals surface area contributed by atoms with Crippen LogP contribution in [0.1, 0.15) is 5.69 Å². The van der Waals surface area contributed by atoms with Crippen molar-refractivity contribution in [2.45, 2.75) is 6.54 Å². The van der Waals surface area contributed by atoms with Crippen molar-refractivity contribution in [3.63, 3.8) is 0 Å². The number of benzene rings is 1. The second-order valence-corrected chi connectivity index (χ2v) is 4.35. The molecule has 4 nitrogen and oxygen atoms in total. The molecule has 0 atom stereocenters. The lowest BCUT2D eigenvalue weighted by Crippen LogP contribution is -2.00. The fraction of sp³-hybridized carbons (Fsp3) is 0.0769. The highest BCUT2D eigenvalue weighted by Crippen LogP contribution is 2.19. The molecule has 0 bridgehead atoms. The Morgan fingerprint density at radius 1 is 1.11 bits per heavy atom. The standard InChI is InChI=1S/C13H11ClN4/c14-12-3-1-2-4-13(12)18-7-5-11(16-18)9-17-8-6-15-10-17/h1-8,10H,9H2. The van der Waals surface area contributed by atoms with Crippen LogP contribution in [-0.2, 0) is 6.54 Å². The molecule has 0 amide bonds. The topological polar surface area (TPSA) is 35.6 Å². The van der Waals surface area contributed by atoms with E-state index in [4.69, 9.17) is 11.6 Å². The summed E-state index contributed by atoms with van der Waals surface area (Å²) in [5.41, 5.74) is 1.85. The van der Waals surface area contributed by atoms with Crippen LogP contribution in [0.3, 0.4) is 0 Å². The van der Waals surface area contributed by atoms with Gasteiger partial charge in [-0.05, 0) is 18.2 Å². The Labute approximate surface area is 109 Å². The minimum absolute atomic E-state index is 0.690. The third-order valence-electron chi connectivity index (χ3n) is 2.65. The molecule has 3 aromatic rings. The van der Waals surface area contributed by atoms with Crippen LogP contribution in [0.5, 0.6) is 0 Å². The lowest BCUT2D eigenvalue weighted by Gasteiger charge is -2.03. The maximum atomic E-state index is 6.13. The van der Waals surface area contributed by atoms with Crippen LogP contribution in [0.2, 0.25) is 5.02 Å². The molecule has 0 aliphatic rings. The molecule has 2 aromatic heterocycles. The smallest absolute Gasteiger partial charge is 0.0949 e. The minimum Gasteiger partial charge on any atom is -0.331 e. The van der Waals surface area contributed by atoms with E-state index in [1.165, 1.54) is 0 Å².